The van der Waals surface area contributed by atoms with Crippen molar-refractivity contribution in [1.29, 1.82) is 0 Å². The van der Waals surface area contributed by atoms with E-state index in [2.05, 4.69) is 0 Å². The molecule has 0 radical (unpaired) electrons. The molecule has 2 heterocycles. The number of aryl methyl sites for hydroxylation is 1. The molecule has 0 aliphatic carbocycles. The van der Waals surface area contributed by atoms with Crippen LogP contribution in [-0.2, 0) is 4.79 Å². The molecule has 1 atom stereocenters. The van der Waals surface area contributed by atoms with Crippen LogP contribution >= 0.6 is 0 Å². The summed E-state index contributed by atoms with van der Waals surface area (Å²) in [5, 5.41) is 11.2. The third-order valence-electron chi connectivity index (χ3n) is 5.19. The smallest absolute Gasteiger partial charge is 0.310 e. The lowest BCUT2D eigenvalue weighted by atomic mass is 10.0. The first-order valence-electron chi connectivity index (χ1n) is 9.60. The summed E-state index contributed by atoms with van der Waals surface area (Å²) in [5.41, 5.74) is 1.67. The molecule has 1 fully saturated rings. The summed E-state index contributed by atoms with van der Waals surface area (Å²) in [6.07, 6.45) is 1.73. The summed E-state index contributed by atoms with van der Waals surface area (Å²) in [7, 11) is 0. The molecule has 0 aromatic heterocycles. The molecule has 4 rings (SSSR count). The zero-order valence-corrected chi connectivity index (χ0v) is 16.1. The minimum Gasteiger partial charge on any atom is -0.486 e. The van der Waals surface area contributed by atoms with E-state index in [1.54, 1.807) is 17.0 Å². The van der Waals surface area contributed by atoms with Crippen LogP contribution in [0.1, 0.15) is 30.0 Å². The predicted molar refractivity (Wildman–Crippen MR) is 104 cm³/mol. The van der Waals surface area contributed by atoms with E-state index in [4.69, 9.17) is 14.2 Å². The zero-order valence-electron chi connectivity index (χ0n) is 16.1. The predicted octanol–water partition coefficient (Wildman–Crippen LogP) is 3.42. The molecule has 2 aromatic rings. The molecule has 2 aliphatic heterocycles. The number of ether oxygens (including phenoxy) is 3. The maximum atomic E-state index is 12.8. The fourth-order valence-electron chi connectivity index (χ4n) is 3.79. The van der Waals surface area contributed by atoms with Gasteiger partial charge in [-0.2, -0.15) is 0 Å². The zero-order chi connectivity index (χ0) is 20.4. The van der Waals surface area contributed by atoms with Gasteiger partial charge in [0.05, 0.1) is 11.0 Å². The fourth-order valence-corrected chi connectivity index (χ4v) is 3.79. The van der Waals surface area contributed by atoms with E-state index in [9.17, 15) is 14.9 Å². The van der Waals surface area contributed by atoms with E-state index in [0.717, 1.165) is 24.0 Å². The van der Waals surface area contributed by atoms with Gasteiger partial charge in [-0.3, -0.25) is 14.9 Å². The van der Waals surface area contributed by atoms with Gasteiger partial charge < -0.3 is 19.1 Å². The Hall–Kier alpha value is -3.29. The summed E-state index contributed by atoms with van der Waals surface area (Å²) in [4.78, 5) is 25.3. The summed E-state index contributed by atoms with van der Waals surface area (Å²) < 4.78 is 16.8. The molecule has 0 spiro atoms. The fraction of sp³-hybridized carbons (Fsp3) is 0.381. The van der Waals surface area contributed by atoms with E-state index in [0.29, 0.717) is 31.3 Å². The highest BCUT2D eigenvalue weighted by molar-refractivity contribution is 5.79. The van der Waals surface area contributed by atoms with Crippen molar-refractivity contribution in [1.82, 2.24) is 4.90 Å². The summed E-state index contributed by atoms with van der Waals surface area (Å²) in [6, 6.07) is 10.3. The first kappa shape index (κ1) is 19.0. The van der Waals surface area contributed by atoms with Gasteiger partial charge in [-0.25, -0.2) is 0 Å². The second-order valence-electron chi connectivity index (χ2n) is 7.17. The van der Waals surface area contributed by atoms with Crippen molar-refractivity contribution in [2.24, 2.45) is 0 Å². The van der Waals surface area contributed by atoms with E-state index >= 15 is 0 Å². The van der Waals surface area contributed by atoms with Gasteiger partial charge in [-0.1, -0.05) is 12.1 Å². The van der Waals surface area contributed by atoms with Crippen molar-refractivity contribution in [2.75, 3.05) is 26.4 Å². The maximum absolute atomic E-state index is 12.8. The molecule has 0 saturated carbocycles. The number of carbonyl (C=O) groups excluding carboxylic acids is 1. The highest BCUT2D eigenvalue weighted by Crippen LogP contribution is 2.38. The van der Waals surface area contributed by atoms with Crippen LogP contribution in [-0.4, -0.2) is 42.1 Å². The molecule has 0 N–H and O–H groups in total. The number of nitro groups is 1. The number of carbonyl (C=O) groups is 1. The van der Waals surface area contributed by atoms with Crippen molar-refractivity contribution in [2.45, 2.75) is 25.8 Å². The van der Waals surface area contributed by atoms with Crippen LogP contribution in [0.5, 0.6) is 17.2 Å². The number of benzene rings is 2. The Morgan fingerprint density at radius 2 is 2.00 bits per heavy atom. The number of likely N-dealkylation sites (tertiary alicyclic amines) is 1. The van der Waals surface area contributed by atoms with Crippen LogP contribution in [0.3, 0.4) is 0 Å². The minimum atomic E-state index is -0.507. The van der Waals surface area contributed by atoms with Crippen molar-refractivity contribution in [3.63, 3.8) is 0 Å². The topological polar surface area (TPSA) is 91.1 Å². The Bertz CT molecular complexity index is 945. The second kappa shape index (κ2) is 7.98. The van der Waals surface area contributed by atoms with Gasteiger partial charge in [-0.05, 0) is 49.1 Å². The number of amides is 1. The van der Waals surface area contributed by atoms with Crippen molar-refractivity contribution < 1.29 is 23.9 Å². The highest BCUT2D eigenvalue weighted by Gasteiger charge is 2.31. The quantitative estimate of drug-likeness (QED) is 0.566. The summed E-state index contributed by atoms with van der Waals surface area (Å²) >= 11 is 0. The molecular formula is C21H22N2O6. The van der Waals surface area contributed by atoms with E-state index < -0.39 is 4.92 Å². The molecule has 0 unspecified atom stereocenters. The second-order valence-corrected chi connectivity index (χ2v) is 7.17. The van der Waals surface area contributed by atoms with E-state index in [-0.39, 0.29) is 30.0 Å². The Balaban J connectivity index is 1.47. The Labute approximate surface area is 168 Å². The average molecular weight is 398 g/mol. The molecule has 152 valence electrons. The van der Waals surface area contributed by atoms with Crippen molar-refractivity contribution in [3.8, 4) is 17.2 Å². The average Bonchev–Trinajstić information content (AvgIpc) is 3.21. The molecule has 2 aromatic carbocycles. The number of nitro benzene ring substituents is 1. The van der Waals surface area contributed by atoms with Gasteiger partial charge in [0.25, 0.3) is 5.91 Å². The highest BCUT2D eigenvalue weighted by atomic mass is 16.6. The largest absolute Gasteiger partial charge is 0.486 e. The van der Waals surface area contributed by atoms with Crippen LogP contribution in [0.4, 0.5) is 5.69 Å². The van der Waals surface area contributed by atoms with Crippen molar-refractivity contribution >= 4 is 11.6 Å². The summed E-state index contributed by atoms with van der Waals surface area (Å²) in [6.45, 7) is 3.23. The lowest BCUT2D eigenvalue weighted by Gasteiger charge is -2.26. The van der Waals surface area contributed by atoms with Crippen molar-refractivity contribution in [3.05, 3.63) is 57.6 Å². The molecule has 1 amide bonds. The standard InChI is InChI=1S/C21H22N2O6/c1-14-4-6-17(23(25)26)19(11-14)29-13-21(24)22-8-2-3-16(22)15-5-7-18-20(12-15)28-10-9-27-18/h4-7,11-12,16H,2-3,8-10,13H2,1H3/t16-/m0/s1. The van der Waals surface area contributed by atoms with Crippen LogP contribution in [0.15, 0.2) is 36.4 Å². The van der Waals surface area contributed by atoms with Gasteiger partial charge in [0.1, 0.15) is 13.2 Å². The molecule has 1 saturated heterocycles. The van der Waals surface area contributed by atoms with Gasteiger partial charge in [0, 0.05) is 12.6 Å². The molecular weight excluding hydrogens is 376 g/mol. The number of hydrogen-bond acceptors (Lipinski definition) is 6. The Morgan fingerprint density at radius 1 is 1.21 bits per heavy atom. The molecule has 0 bridgehead atoms. The maximum Gasteiger partial charge on any atom is 0.310 e. The Kier molecular flexibility index (Phi) is 5.24. The lowest BCUT2D eigenvalue weighted by molar-refractivity contribution is -0.385. The molecule has 8 nitrogen and oxygen atoms in total. The van der Waals surface area contributed by atoms with Gasteiger partial charge in [0.15, 0.2) is 23.9 Å². The molecule has 29 heavy (non-hydrogen) atoms. The number of fused-ring (bicyclic) bond motifs is 1. The number of rotatable bonds is 5. The number of hydrogen-bond donors (Lipinski definition) is 0. The number of nitrogens with zero attached hydrogens (tertiary/aromatic N) is 2. The normalized spacial score (nSPS) is 17.8. The lowest BCUT2D eigenvalue weighted by Crippen LogP contribution is -2.34. The van der Waals surface area contributed by atoms with Crippen LogP contribution in [0.25, 0.3) is 0 Å². The molecule has 2 aliphatic rings. The third-order valence-corrected chi connectivity index (χ3v) is 5.19. The van der Waals surface area contributed by atoms with Gasteiger partial charge in [-0.15, -0.1) is 0 Å². The first-order valence-corrected chi connectivity index (χ1v) is 9.60. The summed E-state index contributed by atoms with van der Waals surface area (Å²) in [5.74, 6) is 1.32. The SMILES string of the molecule is Cc1ccc([N+](=O)[O-])c(OCC(=O)N2CCC[C@H]2c2ccc3c(c2)OCCO3)c1. The van der Waals surface area contributed by atoms with Crippen LogP contribution < -0.4 is 14.2 Å². The van der Waals surface area contributed by atoms with Gasteiger partial charge >= 0.3 is 5.69 Å². The minimum absolute atomic E-state index is 0.0746. The molecule has 8 heteroatoms. The third kappa shape index (κ3) is 3.96. The van der Waals surface area contributed by atoms with Crippen LogP contribution in [0.2, 0.25) is 0 Å². The first-order chi connectivity index (χ1) is 14.0. The van der Waals surface area contributed by atoms with E-state index in [1.165, 1.54) is 6.07 Å². The Morgan fingerprint density at radius 3 is 2.79 bits per heavy atom. The van der Waals surface area contributed by atoms with Gasteiger partial charge in [0.2, 0.25) is 0 Å². The van der Waals surface area contributed by atoms with Crippen LogP contribution in [0, 0.1) is 17.0 Å². The monoisotopic (exact) mass is 398 g/mol. The van der Waals surface area contributed by atoms with E-state index in [1.807, 2.05) is 25.1 Å².